The fourth-order valence-electron chi connectivity index (χ4n) is 2.47. The molecular formula is C18H24N3O5S+. The van der Waals surface area contributed by atoms with Crippen LogP contribution in [0.2, 0.25) is 0 Å². The SMILES string of the molecule is COc1ccc(OC)c(S(=O)(=O)NC(N)=[NH+]CCc2ccccc2OC)c1. The number of nitrogens with one attached hydrogen (secondary N) is 2. The van der Waals surface area contributed by atoms with Crippen LogP contribution >= 0.6 is 0 Å². The molecular weight excluding hydrogens is 370 g/mol. The van der Waals surface area contributed by atoms with E-state index in [9.17, 15) is 8.42 Å². The molecule has 0 fully saturated rings. The first kappa shape index (κ1) is 20.4. The van der Waals surface area contributed by atoms with Gasteiger partial charge in [0, 0.05) is 12.5 Å². The smallest absolute Gasteiger partial charge is 0.356 e. The highest BCUT2D eigenvalue weighted by molar-refractivity contribution is 7.90. The number of ether oxygens (including phenoxy) is 3. The zero-order valence-electron chi connectivity index (χ0n) is 15.5. The number of benzene rings is 2. The van der Waals surface area contributed by atoms with Gasteiger partial charge in [0.15, 0.2) is 0 Å². The van der Waals surface area contributed by atoms with Crippen molar-refractivity contribution in [2.75, 3.05) is 27.9 Å². The molecule has 0 aliphatic heterocycles. The summed E-state index contributed by atoms with van der Waals surface area (Å²) in [5.74, 6) is 1.25. The van der Waals surface area contributed by atoms with Gasteiger partial charge in [-0.25, -0.2) is 0 Å². The van der Waals surface area contributed by atoms with Gasteiger partial charge in [-0.3, -0.25) is 10.7 Å². The van der Waals surface area contributed by atoms with Gasteiger partial charge in [-0.2, -0.15) is 13.1 Å². The van der Waals surface area contributed by atoms with Crippen molar-refractivity contribution in [2.45, 2.75) is 11.3 Å². The minimum absolute atomic E-state index is 0.0705. The van der Waals surface area contributed by atoms with Crippen LogP contribution < -0.4 is 29.7 Å². The van der Waals surface area contributed by atoms with Crippen molar-refractivity contribution < 1.29 is 27.6 Å². The Balaban J connectivity index is 2.12. The number of sulfonamides is 1. The number of rotatable bonds is 8. The van der Waals surface area contributed by atoms with Gasteiger partial charge in [-0.05, 0) is 23.8 Å². The van der Waals surface area contributed by atoms with E-state index in [4.69, 9.17) is 19.9 Å². The topological polar surface area (TPSA) is 114 Å². The second-order valence-electron chi connectivity index (χ2n) is 5.52. The summed E-state index contributed by atoms with van der Waals surface area (Å²) in [7, 11) is 0.491. The van der Waals surface area contributed by atoms with E-state index in [2.05, 4.69) is 9.71 Å². The van der Waals surface area contributed by atoms with Gasteiger partial charge in [0.25, 0.3) is 0 Å². The molecule has 0 saturated heterocycles. The number of para-hydroxylation sites is 1. The van der Waals surface area contributed by atoms with E-state index >= 15 is 0 Å². The van der Waals surface area contributed by atoms with E-state index < -0.39 is 10.0 Å². The highest BCUT2D eigenvalue weighted by Crippen LogP contribution is 2.27. The molecule has 2 rings (SSSR count). The quantitative estimate of drug-likeness (QED) is 0.416. The van der Waals surface area contributed by atoms with Crippen LogP contribution in [-0.2, 0) is 16.4 Å². The molecule has 8 nitrogen and oxygen atoms in total. The predicted molar refractivity (Wildman–Crippen MR) is 102 cm³/mol. The number of hydrogen-bond donors (Lipinski definition) is 3. The molecule has 0 aromatic heterocycles. The summed E-state index contributed by atoms with van der Waals surface area (Å²) >= 11 is 0. The molecule has 2 aromatic rings. The molecule has 0 aliphatic rings. The maximum atomic E-state index is 12.6. The lowest BCUT2D eigenvalue weighted by molar-refractivity contribution is -0.459. The van der Waals surface area contributed by atoms with E-state index in [-0.39, 0.29) is 16.6 Å². The average Bonchev–Trinajstić information content (AvgIpc) is 2.67. The molecule has 4 N–H and O–H groups in total. The second-order valence-corrected chi connectivity index (χ2v) is 7.18. The van der Waals surface area contributed by atoms with Crippen LogP contribution in [0.5, 0.6) is 17.2 Å². The summed E-state index contributed by atoms with van der Waals surface area (Å²) in [5, 5.41) is 0. The van der Waals surface area contributed by atoms with Crippen LogP contribution in [-0.4, -0.2) is 42.3 Å². The van der Waals surface area contributed by atoms with Crippen molar-refractivity contribution in [1.29, 1.82) is 0 Å². The first-order valence-corrected chi connectivity index (χ1v) is 9.62. The van der Waals surface area contributed by atoms with Gasteiger partial charge in [0.05, 0.1) is 27.9 Å². The summed E-state index contributed by atoms with van der Waals surface area (Å²) in [4.78, 5) is 2.78. The van der Waals surface area contributed by atoms with Crippen molar-refractivity contribution >= 4 is 16.0 Å². The zero-order chi connectivity index (χ0) is 19.9. The molecule has 0 unspecified atom stereocenters. The van der Waals surface area contributed by atoms with Crippen molar-refractivity contribution in [3.8, 4) is 17.2 Å². The Bertz CT molecular complexity index is 913. The van der Waals surface area contributed by atoms with Gasteiger partial charge < -0.3 is 14.2 Å². The zero-order valence-corrected chi connectivity index (χ0v) is 16.3. The third kappa shape index (κ3) is 5.27. The summed E-state index contributed by atoms with van der Waals surface area (Å²) in [5.41, 5.74) is 6.79. The predicted octanol–water partition coefficient (Wildman–Crippen LogP) is -0.371. The Morgan fingerprint density at radius 1 is 1.04 bits per heavy atom. The van der Waals surface area contributed by atoms with Crippen LogP contribution in [0.3, 0.4) is 0 Å². The number of hydrogen-bond acceptors (Lipinski definition) is 5. The van der Waals surface area contributed by atoms with Gasteiger partial charge in [-0.1, -0.05) is 18.2 Å². The van der Waals surface area contributed by atoms with Crippen LogP contribution in [0, 0.1) is 0 Å². The minimum Gasteiger partial charge on any atom is -0.497 e. The molecule has 0 amide bonds. The summed E-state index contributed by atoms with van der Waals surface area (Å²) in [6, 6.07) is 12.1. The van der Waals surface area contributed by atoms with Gasteiger partial charge in [-0.15, -0.1) is 0 Å². The first-order chi connectivity index (χ1) is 12.9. The Morgan fingerprint density at radius 2 is 1.74 bits per heavy atom. The van der Waals surface area contributed by atoms with E-state index in [1.54, 1.807) is 13.2 Å². The molecule has 27 heavy (non-hydrogen) atoms. The van der Waals surface area contributed by atoms with Crippen LogP contribution in [0.15, 0.2) is 47.4 Å². The fraction of sp³-hybridized carbons (Fsp3) is 0.278. The summed E-state index contributed by atoms with van der Waals surface area (Å²) < 4.78 is 43.0. The largest absolute Gasteiger partial charge is 0.497 e. The number of methoxy groups -OCH3 is 3. The van der Waals surface area contributed by atoms with Crippen molar-refractivity contribution in [3.05, 3.63) is 48.0 Å². The van der Waals surface area contributed by atoms with E-state index in [1.165, 1.54) is 26.4 Å². The molecule has 0 aliphatic carbocycles. The molecule has 2 aromatic carbocycles. The van der Waals surface area contributed by atoms with Gasteiger partial charge in [0.2, 0.25) is 0 Å². The Labute approximate surface area is 159 Å². The van der Waals surface area contributed by atoms with Crippen LogP contribution in [0.25, 0.3) is 0 Å². The maximum Gasteiger partial charge on any atom is 0.356 e. The average molecular weight is 394 g/mol. The fourth-order valence-corrected chi connectivity index (χ4v) is 3.63. The van der Waals surface area contributed by atoms with Crippen LogP contribution in [0.1, 0.15) is 5.56 Å². The third-order valence-corrected chi connectivity index (χ3v) is 5.19. The highest BCUT2D eigenvalue weighted by atomic mass is 32.2. The standard InChI is InChI=1S/C18H23N3O5S/c1-24-14-8-9-16(26-3)17(12-14)27(22,23)21-18(19)20-11-10-13-6-4-5-7-15(13)25-2/h4-9,12H,10-11H2,1-3H3,(H3,19,20,21)/p+1. The second kappa shape index (κ2) is 9.13. The Morgan fingerprint density at radius 3 is 2.41 bits per heavy atom. The highest BCUT2D eigenvalue weighted by Gasteiger charge is 2.24. The Hall–Kier alpha value is -2.94. The van der Waals surface area contributed by atoms with Crippen molar-refractivity contribution in [3.63, 3.8) is 0 Å². The molecule has 0 heterocycles. The van der Waals surface area contributed by atoms with Crippen molar-refractivity contribution in [1.82, 2.24) is 4.72 Å². The monoisotopic (exact) mass is 394 g/mol. The number of nitrogens with two attached hydrogens (primary N) is 1. The van der Waals surface area contributed by atoms with Crippen LogP contribution in [0.4, 0.5) is 0 Å². The number of guanidine groups is 1. The summed E-state index contributed by atoms with van der Waals surface area (Å²) in [6.45, 7) is 0.421. The molecule has 146 valence electrons. The molecule has 0 radical (unpaired) electrons. The van der Waals surface area contributed by atoms with E-state index in [0.29, 0.717) is 18.7 Å². The van der Waals surface area contributed by atoms with Gasteiger partial charge >= 0.3 is 16.0 Å². The lowest BCUT2D eigenvalue weighted by Crippen LogP contribution is -2.79. The Kier molecular flexibility index (Phi) is 6.89. The molecule has 0 saturated carbocycles. The first-order valence-electron chi connectivity index (χ1n) is 8.14. The van der Waals surface area contributed by atoms with E-state index in [0.717, 1.165) is 11.3 Å². The maximum absolute atomic E-state index is 12.6. The summed E-state index contributed by atoms with van der Waals surface area (Å²) in [6.07, 6.45) is 0.606. The third-order valence-electron chi connectivity index (χ3n) is 3.81. The molecule has 0 bridgehead atoms. The molecule has 0 spiro atoms. The normalized spacial score (nSPS) is 11.7. The molecule has 9 heteroatoms. The van der Waals surface area contributed by atoms with Crippen molar-refractivity contribution in [2.24, 2.45) is 5.73 Å². The lowest BCUT2D eigenvalue weighted by Gasteiger charge is -2.10. The lowest BCUT2D eigenvalue weighted by atomic mass is 10.1. The van der Waals surface area contributed by atoms with Gasteiger partial charge in [0.1, 0.15) is 22.1 Å². The molecule has 0 atom stereocenters. The minimum atomic E-state index is -3.95. The van der Waals surface area contributed by atoms with E-state index in [1.807, 2.05) is 24.3 Å².